The zero-order valence-electron chi connectivity index (χ0n) is 20.1. The lowest BCUT2D eigenvalue weighted by atomic mass is 9.97. The first-order valence-electron chi connectivity index (χ1n) is 11.4. The molecule has 8 heteroatoms. The molecule has 8 nitrogen and oxygen atoms in total. The van der Waals surface area contributed by atoms with Crippen LogP contribution in [-0.2, 0) is 14.3 Å². The van der Waals surface area contributed by atoms with Gasteiger partial charge in [0.25, 0.3) is 11.8 Å². The number of amides is 2. The van der Waals surface area contributed by atoms with Crippen molar-refractivity contribution in [3.05, 3.63) is 58.8 Å². The number of nitrogens with zero attached hydrogens (tertiary/aromatic N) is 2. The average Bonchev–Trinajstić information content (AvgIpc) is 3.07. The Balaban J connectivity index is 1.68. The van der Waals surface area contributed by atoms with Crippen LogP contribution in [0.15, 0.2) is 42.1 Å². The van der Waals surface area contributed by atoms with Crippen molar-refractivity contribution in [2.24, 2.45) is 0 Å². The van der Waals surface area contributed by atoms with Crippen LogP contribution in [-0.4, -0.2) is 75.2 Å². The summed E-state index contributed by atoms with van der Waals surface area (Å²) in [5.41, 5.74) is 4.08. The van der Waals surface area contributed by atoms with Crippen LogP contribution in [0.25, 0.3) is 5.57 Å². The lowest BCUT2D eigenvalue weighted by Crippen LogP contribution is -2.43. The number of hydrogen-bond acceptors (Lipinski definition) is 7. The third kappa shape index (κ3) is 4.78. The molecule has 2 aromatic carbocycles. The highest BCUT2D eigenvalue weighted by Gasteiger charge is 2.39. The third-order valence-corrected chi connectivity index (χ3v) is 6.22. The zero-order valence-corrected chi connectivity index (χ0v) is 20.1. The summed E-state index contributed by atoms with van der Waals surface area (Å²) in [6, 6.07) is 11.2. The van der Waals surface area contributed by atoms with Crippen LogP contribution in [0.5, 0.6) is 11.5 Å². The largest absolute Gasteiger partial charge is 0.493 e. The number of ether oxygens (including phenoxy) is 3. The molecule has 2 aliphatic rings. The van der Waals surface area contributed by atoms with E-state index in [-0.39, 0.29) is 17.5 Å². The fraction of sp³-hybridized carbons (Fsp3) is 0.385. The Bertz CT molecular complexity index is 1120. The average molecular weight is 466 g/mol. The van der Waals surface area contributed by atoms with Crippen LogP contribution in [0.3, 0.4) is 0 Å². The number of anilines is 1. The molecule has 0 spiro atoms. The minimum absolute atomic E-state index is 0.270. The summed E-state index contributed by atoms with van der Waals surface area (Å²) in [6.07, 6.45) is 0. The van der Waals surface area contributed by atoms with Gasteiger partial charge in [0, 0.05) is 37.9 Å². The molecule has 0 saturated carbocycles. The molecule has 1 N–H and O–H groups in total. The van der Waals surface area contributed by atoms with Gasteiger partial charge in [0.1, 0.15) is 5.70 Å². The van der Waals surface area contributed by atoms with Crippen molar-refractivity contribution in [1.29, 1.82) is 0 Å². The second-order valence-corrected chi connectivity index (χ2v) is 8.48. The van der Waals surface area contributed by atoms with Gasteiger partial charge in [-0.05, 0) is 37.1 Å². The summed E-state index contributed by atoms with van der Waals surface area (Å²) in [5.74, 6) is 0.496. The number of methoxy groups -OCH3 is 2. The SMILES string of the molecule is COc1ccc(NC2=C(c3ccc(C)cc3C)C(=O)N(CCN3CCOCC3)C2=O)cc1OC. The molecule has 0 unspecified atom stereocenters. The second-order valence-electron chi connectivity index (χ2n) is 8.48. The van der Waals surface area contributed by atoms with E-state index >= 15 is 0 Å². The van der Waals surface area contributed by atoms with E-state index in [0.29, 0.717) is 49.1 Å². The van der Waals surface area contributed by atoms with Crippen LogP contribution >= 0.6 is 0 Å². The summed E-state index contributed by atoms with van der Waals surface area (Å²) in [4.78, 5) is 30.6. The van der Waals surface area contributed by atoms with Crippen molar-refractivity contribution >= 4 is 23.1 Å². The van der Waals surface area contributed by atoms with Gasteiger partial charge < -0.3 is 19.5 Å². The van der Waals surface area contributed by atoms with E-state index in [1.54, 1.807) is 32.4 Å². The number of benzene rings is 2. The summed E-state index contributed by atoms with van der Waals surface area (Å²) < 4.78 is 16.1. The molecule has 0 bridgehead atoms. The quantitative estimate of drug-likeness (QED) is 0.601. The number of carbonyl (C=O) groups is 2. The standard InChI is InChI=1S/C26H31N3O5/c1-17-5-7-20(18(2)15-17)23-24(27-19-6-8-21(32-3)22(16-19)33-4)26(31)29(25(23)30)10-9-28-11-13-34-14-12-28/h5-8,15-16,27H,9-14H2,1-4H3. The molecule has 2 heterocycles. The zero-order chi connectivity index (χ0) is 24.2. The predicted octanol–water partition coefficient (Wildman–Crippen LogP) is 2.84. The van der Waals surface area contributed by atoms with Gasteiger partial charge >= 0.3 is 0 Å². The Morgan fingerprint density at radius 3 is 2.32 bits per heavy atom. The van der Waals surface area contributed by atoms with Crippen molar-refractivity contribution in [3.8, 4) is 11.5 Å². The number of hydrogen-bond donors (Lipinski definition) is 1. The highest BCUT2D eigenvalue weighted by Crippen LogP contribution is 2.35. The Kier molecular flexibility index (Phi) is 7.19. The molecule has 34 heavy (non-hydrogen) atoms. The number of carbonyl (C=O) groups excluding carboxylic acids is 2. The minimum Gasteiger partial charge on any atom is -0.493 e. The van der Waals surface area contributed by atoms with Gasteiger partial charge in [-0.25, -0.2) is 0 Å². The van der Waals surface area contributed by atoms with Crippen LogP contribution in [0.4, 0.5) is 5.69 Å². The molecule has 2 aliphatic heterocycles. The molecule has 1 saturated heterocycles. The van der Waals surface area contributed by atoms with Gasteiger partial charge in [-0.3, -0.25) is 19.4 Å². The van der Waals surface area contributed by atoms with Crippen molar-refractivity contribution in [2.45, 2.75) is 13.8 Å². The van der Waals surface area contributed by atoms with Crippen molar-refractivity contribution in [3.63, 3.8) is 0 Å². The molecule has 2 amide bonds. The summed E-state index contributed by atoms with van der Waals surface area (Å²) in [7, 11) is 3.12. The lowest BCUT2D eigenvalue weighted by Gasteiger charge is -2.28. The fourth-order valence-corrected chi connectivity index (χ4v) is 4.36. The van der Waals surface area contributed by atoms with E-state index in [2.05, 4.69) is 10.2 Å². The molecule has 1 fully saturated rings. The van der Waals surface area contributed by atoms with Crippen LogP contribution in [0.2, 0.25) is 0 Å². The van der Waals surface area contributed by atoms with Crippen LogP contribution in [0, 0.1) is 13.8 Å². The van der Waals surface area contributed by atoms with E-state index in [9.17, 15) is 9.59 Å². The molecule has 0 aromatic heterocycles. The summed E-state index contributed by atoms with van der Waals surface area (Å²) in [5, 5.41) is 3.20. The summed E-state index contributed by atoms with van der Waals surface area (Å²) in [6.45, 7) is 7.82. The highest BCUT2D eigenvalue weighted by atomic mass is 16.5. The van der Waals surface area contributed by atoms with Crippen molar-refractivity contribution in [2.75, 3.05) is 58.9 Å². The van der Waals surface area contributed by atoms with Crippen molar-refractivity contribution < 1.29 is 23.8 Å². The Hall–Kier alpha value is -3.36. The smallest absolute Gasteiger partial charge is 0.278 e. The maximum absolute atomic E-state index is 13.6. The Morgan fingerprint density at radius 1 is 0.912 bits per heavy atom. The molecule has 0 radical (unpaired) electrons. The summed E-state index contributed by atoms with van der Waals surface area (Å²) >= 11 is 0. The van der Waals surface area contributed by atoms with E-state index in [1.165, 1.54) is 4.90 Å². The number of rotatable bonds is 8. The first kappa shape index (κ1) is 23.8. The molecular weight excluding hydrogens is 434 g/mol. The van der Waals surface area contributed by atoms with Gasteiger partial charge in [0.05, 0.1) is 33.0 Å². The third-order valence-electron chi connectivity index (χ3n) is 6.22. The molecule has 4 rings (SSSR count). The Labute approximate surface area is 200 Å². The minimum atomic E-state index is -0.331. The van der Waals surface area contributed by atoms with Crippen LogP contribution in [0.1, 0.15) is 16.7 Å². The maximum atomic E-state index is 13.6. The van der Waals surface area contributed by atoms with Gasteiger partial charge in [-0.15, -0.1) is 0 Å². The second kappa shape index (κ2) is 10.3. The molecular formula is C26H31N3O5. The topological polar surface area (TPSA) is 80.3 Å². The van der Waals surface area contributed by atoms with Gasteiger partial charge in [-0.1, -0.05) is 23.8 Å². The van der Waals surface area contributed by atoms with E-state index < -0.39 is 0 Å². The normalized spacial score (nSPS) is 16.9. The van der Waals surface area contributed by atoms with Crippen LogP contribution < -0.4 is 14.8 Å². The number of aryl methyl sites for hydroxylation is 2. The first-order valence-corrected chi connectivity index (χ1v) is 11.4. The predicted molar refractivity (Wildman–Crippen MR) is 130 cm³/mol. The Morgan fingerprint density at radius 2 is 1.65 bits per heavy atom. The molecule has 0 aliphatic carbocycles. The van der Waals surface area contributed by atoms with Gasteiger partial charge in [-0.2, -0.15) is 0 Å². The van der Waals surface area contributed by atoms with Gasteiger partial charge in [0.2, 0.25) is 0 Å². The first-order chi connectivity index (χ1) is 16.4. The van der Waals surface area contributed by atoms with E-state index in [0.717, 1.165) is 29.8 Å². The number of morpholine rings is 1. The van der Waals surface area contributed by atoms with Gasteiger partial charge in [0.15, 0.2) is 11.5 Å². The number of imide groups is 1. The molecule has 180 valence electrons. The monoisotopic (exact) mass is 465 g/mol. The van der Waals surface area contributed by atoms with E-state index in [1.807, 2.05) is 32.0 Å². The fourth-order valence-electron chi connectivity index (χ4n) is 4.36. The molecule has 0 atom stereocenters. The lowest BCUT2D eigenvalue weighted by molar-refractivity contribution is -0.137. The van der Waals surface area contributed by atoms with Crippen molar-refractivity contribution in [1.82, 2.24) is 9.80 Å². The van der Waals surface area contributed by atoms with E-state index in [4.69, 9.17) is 14.2 Å². The highest BCUT2D eigenvalue weighted by molar-refractivity contribution is 6.36. The maximum Gasteiger partial charge on any atom is 0.278 e. The molecule has 2 aromatic rings. The number of nitrogens with one attached hydrogen (secondary N) is 1.